The zero-order valence-corrected chi connectivity index (χ0v) is 16.9. The van der Waals surface area contributed by atoms with Crippen molar-refractivity contribution in [3.63, 3.8) is 0 Å². The molecule has 1 aromatic heterocycles. The molecule has 0 unspecified atom stereocenters. The lowest BCUT2D eigenvalue weighted by Crippen LogP contribution is -2.49. The molecular formula is C23H27N3O3. The van der Waals surface area contributed by atoms with E-state index >= 15 is 0 Å². The van der Waals surface area contributed by atoms with Gasteiger partial charge in [-0.15, -0.1) is 0 Å². The number of methoxy groups -OCH3 is 1. The molecule has 1 saturated heterocycles. The fraction of sp³-hybridized carbons (Fsp3) is 0.348. The van der Waals surface area contributed by atoms with Gasteiger partial charge in [0.15, 0.2) is 0 Å². The van der Waals surface area contributed by atoms with E-state index in [-0.39, 0.29) is 11.9 Å². The van der Waals surface area contributed by atoms with Crippen molar-refractivity contribution in [3.05, 3.63) is 60.4 Å². The molecule has 29 heavy (non-hydrogen) atoms. The number of hydrogen-bond acceptors (Lipinski definition) is 5. The number of carbonyl (C=O) groups excluding carboxylic acids is 1. The maximum absolute atomic E-state index is 12.5. The van der Waals surface area contributed by atoms with Gasteiger partial charge in [-0.2, -0.15) is 0 Å². The Labute approximate surface area is 171 Å². The van der Waals surface area contributed by atoms with Gasteiger partial charge in [0, 0.05) is 43.3 Å². The fourth-order valence-electron chi connectivity index (χ4n) is 3.75. The highest BCUT2D eigenvalue weighted by Crippen LogP contribution is 2.24. The molecule has 0 bridgehead atoms. The molecule has 6 nitrogen and oxygen atoms in total. The second-order valence-corrected chi connectivity index (χ2v) is 7.44. The number of rotatable bonds is 6. The molecule has 1 N–H and O–H groups in total. The van der Waals surface area contributed by atoms with Crippen LogP contribution in [0, 0.1) is 0 Å². The van der Waals surface area contributed by atoms with Crippen molar-refractivity contribution < 1.29 is 13.9 Å². The van der Waals surface area contributed by atoms with E-state index in [0.29, 0.717) is 6.54 Å². The summed E-state index contributed by atoms with van der Waals surface area (Å²) in [5.41, 5.74) is 2.00. The van der Waals surface area contributed by atoms with Gasteiger partial charge in [-0.3, -0.25) is 9.69 Å². The normalized spacial score (nSPS) is 16.0. The molecule has 1 atom stereocenters. The molecule has 152 valence electrons. The summed E-state index contributed by atoms with van der Waals surface area (Å²) < 4.78 is 11.2. The van der Waals surface area contributed by atoms with E-state index in [4.69, 9.17) is 9.15 Å². The first-order chi connectivity index (χ1) is 14.1. The van der Waals surface area contributed by atoms with Gasteiger partial charge in [-0.05, 0) is 31.2 Å². The zero-order valence-electron chi connectivity index (χ0n) is 16.9. The van der Waals surface area contributed by atoms with Crippen molar-refractivity contribution in [2.45, 2.75) is 13.0 Å². The average Bonchev–Trinajstić information content (AvgIpc) is 3.19. The maximum atomic E-state index is 12.5. The molecule has 2 heterocycles. The largest absolute Gasteiger partial charge is 0.497 e. The predicted molar refractivity (Wildman–Crippen MR) is 114 cm³/mol. The minimum Gasteiger partial charge on any atom is -0.497 e. The van der Waals surface area contributed by atoms with E-state index in [9.17, 15) is 4.79 Å². The molecule has 0 radical (unpaired) electrons. The van der Waals surface area contributed by atoms with Gasteiger partial charge in [-0.1, -0.05) is 24.3 Å². The monoisotopic (exact) mass is 393 g/mol. The third-order valence-corrected chi connectivity index (χ3v) is 5.41. The van der Waals surface area contributed by atoms with Gasteiger partial charge in [0.05, 0.1) is 19.7 Å². The lowest BCUT2D eigenvalue weighted by molar-refractivity contribution is -0.123. The molecule has 4 rings (SSSR count). The Hall–Kier alpha value is -2.99. The second-order valence-electron chi connectivity index (χ2n) is 7.44. The van der Waals surface area contributed by atoms with Gasteiger partial charge in [0.2, 0.25) is 5.91 Å². The Kier molecular flexibility index (Phi) is 5.71. The summed E-state index contributed by atoms with van der Waals surface area (Å²) in [5, 5.41) is 4.11. The lowest BCUT2D eigenvalue weighted by Gasteiger charge is -2.36. The number of furan rings is 1. The Morgan fingerprint density at radius 2 is 1.90 bits per heavy atom. The third-order valence-electron chi connectivity index (χ3n) is 5.41. The van der Waals surface area contributed by atoms with Crippen molar-refractivity contribution in [2.75, 3.05) is 44.7 Å². The summed E-state index contributed by atoms with van der Waals surface area (Å²) >= 11 is 0. The highest BCUT2D eigenvalue weighted by Gasteiger charge is 2.21. The average molecular weight is 393 g/mol. The maximum Gasteiger partial charge on any atom is 0.234 e. The van der Waals surface area contributed by atoms with Crippen molar-refractivity contribution >= 4 is 22.6 Å². The number of nitrogens with one attached hydrogen (secondary N) is 1. The summed E-state index contributed by atoms with van der Waals surface area (Å²) in [4.78, 5) is 17.0. The van der Waals surface area contributed by atoms with Crippen LogP contribution >= 0.6 is 0 Å². The predicted octanol–water partition coefficient (Wildman–Crippen LogP) is 3.44. The zero-order chi connectivity index (χ0) is 20.2. The molecule has 1 aliphatic heterocycles. The highest BCUT2D eigenvalue weighted by molar-refractivity contribution is 5.80. The molecular weight excluding hydrogens is 366 g/mol. The van der Waals surface area contributed by atoms with Gasteiger partial charge in [0.25, 0.3) is 0 Å². The van der Waals surface area contributed by atoms with Crippen molar-refractivity contribution in [1.82, 2.24) is 10.2 Å². The molecule has 3 aromatic rings. The van der Waals surface area contributed by atoms with Crippen LogP contribution in [0.1, 0.15) is 18.7 Å². The fourth-order valence-corrected chi connectivity index (χ4v) is 3.75. The van der Waals surface area contributed by atoms with E-state index < -0.39 is 0 Å². The second kappa shape index (κ2) is 8.57. The molecule has 0 spiro atoms. The standard InChI is InChI=1S/C23H27N3O3/c1-17(22-14-18-6-3-4-9-21(18)29-22)24-23(27)16-25-10-12-26(13-11-25)19-7-5-8-20(15-19)28-2/h3-9,14-15,17H,10-13,16H2,1-2H3,(H,24,27)/t17-/m0/s1. The smallest absolute Gasteiger partial charge is 0.234 e. The first kappa shape index (κ1) is 19.3. The number of hydrogen-bond donors (Lipinski definition) is 1. The number of nitrogens with zero attached hydrogens (tertiary/aromatic N) is 2. The molecule has 1 aliphatic rings. The minimum atomic E-state index is -0.159. The van der Waals surface area contributed by atoms with Crippen LogP contribution in [-0.4, -0.2) is 50.6 Å². The van der Waals surface area contributed by atoms with Crippen LogP contribution in [-0.2, 0) is 4.79 Å². The Balaban J connectivity index is 1.28. The van der Waals surface area contributed by atoms with E-state index in [0.717, 1.165) is 54.3 Å². The molecule has 0 aliphatic carbocycles. The Morgan fingerprint density at radius 1 is 1.10 bits per heavy atom. The summed E-state index contributed by atoms with van der Waals surface area (Å²) in [6.45, 7) is 5.83. The Morgan fingerprint density at radius 3 is 2.66 bits per heavy atom. The number of para-hydroxylation sites is 1. The van der Waals surface area contributed by atoms with Crippen LogP contribution in [0.15, 0.2) is 59.0 Å². The highest BCUT2D eigenvalue weighted by atomic mass is 16.5. The summed E-state index contributed by atoms with van der Waals surface area (Å²) in [6.07, 6.45) is 0. The van der Waals surface area contributed by atoms with Gasteiger partial charge >= 0.3 is 0 Å². The van der Waals surface area contributed by atoms with Gasteiger partial charge in [-0.25, -0.2) is 0 Å². The summed E-state index contributed by atoms with van der Waals surface area (Å²) in [5.74, 6) is 1.67. The van der Waals surface area contributed by atoms with E-state index in [1.165, 1.54) is 0 Å². The van der Waals surface area contributed by atoms with E-state index in [1.54, 1.807) is 7.11 Å². The van der Waals surface area contributed by atoms with Crippen LogP contribution in [0.5, 0.6) is 5.75 Å². The number of ether oxygens (including phenoxy) is 1. The number of fused-ring (bicyclic) bond motifs is 1. The quantitative estimate of drug-likeness (QED) is 0.695. The SMILES string of the molecule is COc1cccc(N2CCN(CC(=O)N[C@@H](C)c3cc4ccccc4o3)CC2)c1. The molecule has 6 heteroatoms. The summed E-state index contributed by atoms with van der Waals surface area (Å²) in [6, 6.07) is 17.8. The van der Waals surface area contributed by atoms with Gasteiger partial charge in [0.1, 0.15) is 17.1 Å². The van der Waals surface area contributed by atoms with Crippen LogP contribution < -0.4 is 15.0 Å². The Bertz CT molecular complexity index is 943. The number of amides is 1. The van der Waals surface area contributed by atoms with Crippen LogP contribution in [0.4, 0.5) is 5.69 Å². The van der Waals surface area contributed by atoms with E-state index in [1.807, 2.05) is 49.4 Å². The lowest BCUT2D eigenvalue weighted by atomic mass is 10.2. The van der Waals surface area contributed by atoms with Crippen molar-refractivity contribution in [2.24, 2.45) is 0 Å². The van der Waals surface area contributed by atoms with Crippen molar-refractivity contribution in [3.8, 4) is 5.75 Å². The molecule has 0 saturated carbocycles. The van der Waals surface area contributed by atoms with Crippen LogP contribution in [0.25, 0.3) is 11.0 Å². The minimum absolute atomic E-state index is 0.0211. The first-order valence-corrected chi connectivity index (χ1v) is 10.0. The first-order valence-electron chi connectivity index (χ1n) is 10.0. The summed E-state index contributed by atoms with van der Waals surface area (Å²) in [7, 11) is 1.68. The molecule has 2 aromatic carbocycles. The van der Waals surface area contributed by atoms with Gasteiger partial charge < -0.3 is 19.4 Å². The number of carbonyl (C=O) groups is 1. The van der Waals surface area contributed by atoms with Crippen LogP contribution in [0.3, 0.4) is 0 Å². The molecule has 1 fully saturated rings. The number of piperazine rings is 1. The van der Waals surface area contributed by atoms with E-state index in [2.05, 4.69) is 27.2 Å². The van der Waals surface area contributed by atoms with Crippen LogP contribution in [0.2, 0.25) is 0 Å². The third kappa shape index (κ3) is 4.54. The topological polar surface area (TPSA) is 58.0 Å². The number of benzene rings is 2. The van der Waals surface area contributed by atoms with Crippen molar-refractivity contribution in [1.29, 1.82) is 0 Å². The molecule has 1 amide bonds. The number of anilines is 1.